The van der Waals surface area contributed by atoms with Crippen LogP contribution in [0.5, 0.6) is 0 Å². The lowest BCUT2D eigenvalue weighted by atomic mass is 9.81. The van der Waals surface area contributed by atoms with Crippen LogP contribution in [0.1, 0.15) is 33.6 Å². The Bertz CT molecular complexity index is 932. The van der Waals surface area contributed by atoms with Crippen molar-refractivity contribution in [1.29, 1.82) is 0 Å². The Labute approximate surface area is 165 Å². The van der Waals surface area contributed by atoms with E-state index in [0.717, 1.165) is 0 Å². The van der Waals surface area contributed by atoms with Gasteiger partial charge in [-0.1, -0.05) is 20.8 Å². The maximum atomic E-state index is 12.5. The number of thiazole rings is 1. The molecule has 2 aromatic rings. The van der Waals surface area contributed by atoms with Gasteiger partial charge in [-0.25, -0.2) is 4.98 Å². The van der Waals surface area contributed by atoms with Gasteiger partial charge in [0.05, 0.1) is 22.2 Å². The van der Waals surface area contributed by atoms with E-state index in [9.17, 15) is 13.2 Å². The molecule has 3 rings (SSSR count). The van der Waals surface area contributed by atoms with Crippen molar-refractivity contribution in [2.45, 2.75) is 44.6 Å². The fourth-order valence-electron chi connectivity index (χ4n) is 2.87. The van der Waals surface area contributed by atoms with Crippen LogP contribution in [0.4, 0.5) is 0 Å². The molecule has 9 heteroatoms. The third-order valence-corrected chi connectivity index (χ3v) is 7.08. The van der Waals surface area contributed by atoms with E-state index >= 15 is 0 Å². The van der Waals surface area contributed by atoms with Gasteiger partial charge in [0.1, 0.15) is 4.90 Å². The van der Waals surface area contributed by atoms with E-state index in [1.54, 1.807) is 6.07 Å². The summed E-state index contributed by atoms with van der Waals surface area (Å²) in [5.74, 6) is -1.20. The molecule has 2 atom stereocenters. The average Bonchev–Trinajstić information content (AvgIpc) is 2.93. The highest BCUT2D eigenvalue weighted by Crippen LogP contribution is 2.34. The number of rotatable bonds is 3. The van der Waals surface area contributed by atoms with Crippen molar-refractivity contribution in [1.82, 2.24) is 4.98 Å². The quantitative estimate of drug-likeness (QED) is 0.638. The van der Waals surface area contributed by atoms with Crippen molar-refractivity contribution >= 4 is 53.6 Å². The molecule has 0 saturated carbocycles. The van der Waals surface area contributed by atoms with E-state index in [1.165, 1.54) is 23.5 Å². The first kappa shape index (κ1) is 19.7. The maximum absolute atomic E-state index is 12.5. The van der Waals surface area contributed by atoms with Gasteiger partial charge in [0.2, 0.25) is 0 Å². The average molecular weight is 462 g/mol. The van der Waals surface area contributed by atoms with Gasteiger partial charge in [-0.3, -0.25) is 4.79 Å². The summed E-state index contributed by atoms with van der Waals surface area (Å²) in [6.45, 7) is 6.52. The molecule has 26 heavy (non-hydrogen) atoms. The van der Waals surface area contributed by atoms with Crippen molar-refractivity contribution in [3.63, 3.8) is 0 Å². The molecule has 6 nitrogen and oxygen atoms in total. The van der Waals surface area contributed by atoms with Gasteiger partial charge >= 0.3 is 16.1 Å². The lowest BCUT2D eigenvalue weighted by Gasteiger charge is -2.36. The van der Waals surface area contributed by atoms with Gasteiger partial charge in [0, 0.05) is 6.61 Å². The molecule has 1 aliphatic heterocycles. The Morgan fingerprint density at radius 2 is 2.12 bits per heavy atom. The van der Waals surface area contributed by atoms with Gasteiger partial charge in [0.15, 0.2) is 3.92 Å². The minimum absolute atomic E-state index is 0.0473. The lowest BCUT2D eigenvalue weighted by molar-refractivity contribution is -0.146. The number of nitrogens with zero attached hydrogens (tertiary/aromatic N) is 1. The third-order valence-electron chi connectivity index (χ3n) is 4.40. The molecule has 142 valence electrons. The fraction of sp³-hybridized carbons (Fsp3) is 0.529. The smallest absolute Gasteiger partial charge is 0.341 e. The Hall–Kier alpha value is -1.03. The summed E-state index contributed by atoms with van der Waals surface area (Å²) in [7, 11) is -4.17. The summed E-state index contributed by atoms with van der Waals surface area (Å²) >= 11 is 4.59. The van der Waals surface area contributed by atoms with E-state index < -0.39 is 22.0 Å². The lowest BCUT2D eigenvalue weighted by Crippen LogP contribution is -2.39. The van der Waals surface area contributed by atoms with Gasteiger partial charge in [-0.2, -0.15) is 8.42 Å². The normalized spacial score (nSPS) is 21.7. The summed E-state index contributed by atoms with van der Waals surface area (Å²) in [5, 5.41) is 0. The molecule has 2 unspecified atom stereocenters. The van der Waals surface area contributed by atoms with E-state index in [0.29, 0.717) is 33.6 Å². The van der Waals surface area contributed by atoms with Crippen molar-refractivity contribution in [2.24, 2.45) is 11.3 Å². The molecule has 0 amide bonds. The molecule has 0 bridgehead atoms. The number of carbonyl (C=O) groups excluding carboxylic acids is 1. The van der Waals surface area contributed by atoms with Crippen LogP contribution in [0.25, 0.3) is 10.2 Å². The SMILES string of the molecule is CC(C)(C)C1CC(C(=O)OS(=O)(=O)c2ccc3nc(Br)sc3c2)CCO1. The van der Waals surface area contributed by atoms with E-state index in [4.69, 9.17) is 8.92 Å². The van der Waals surface area contributed by atoms with Crippen LogP contribution in [0.15, 0.2) is 27.0 Å². The predicted octanol–water partition coefficient (Wildman–Crippen LogP) is 4.13. The molecule has 1 fully saturated rings. The largest absolute Gasteiger partial charge is 0.378 e. The Kier molecular flexibility index (Phi) is 5.45. The topological polar surface area (TPSA) is 82.6 Å². The summed E-state index contributed by atoms with van der Waals surface area (Å²) in [6.07, 6.45) is 0.808. The standard InChI is InChI=1S/C17H20BrNO5S2/c1-17(2,3)14-8-10(6-7-23-14)15(20)24-26(21,22)11-4-5-12-13(9-11)25-16(18)19-12/h4-5,9-10,14H,6-8H2,1-3H3. The number of hydrogen-bond acceptors (Lipinski definition) is 7. The monoisotopic (exact) mass is 461 g/mol. The molecule has 1 aromatic heterocycles. The minimum atomic E-state index is -4.17. The first-order valence-corrected chi connectivity index (χ1v) is 11.2. The summed E-state index contributed by atoms with van der Waals surface area (Å²) in [4.78, 5) is 16.6. The zero-order chi connectivity index (χ0) is 19.1. The van der Waals surface area contributed by atoms with Crippen molar-refractivity contribution in [3.05, 3.63) is 22.1 Å². The van der Waals surface area contributed by atoms with Crippen LogP contribution in [0.2, 0.25) is 0 Å². The molecule has 0 aliphatic carbocycles. The predicted molar refractivity (Wildman–Crippen MR) is 103 cm³/mol. The second kappa shape index (κ2) is 7.18. The van der Waals surface area contributed by atoms with E-state index in [1.807, 2.05) is 20.8 Å². The summed E-state index contributed by atoms with van der Waals surface area (Å²) < 4.78 is 37.0. The Morgan fingerprint density at radius 1 is 1.38 bits per heavy atom. The first-order valence-electron chi connectivity index (χ1n) is 8.22. The van der Waals surface area contributed by atoms with Gasteiger partial charge < -0.3 is 8.92 Å². The van der Waals surface area contributed by atoms with Crippen molar-refractivity contribution < 1.29 is 22.1 Å². The van der Waals surface area contributed by atoms with Gasteiger partial charge in [-0.15, -0.1) is 11.3 Å². The van der Waals surface area contributed by atoms with Gasteiger partial charge in [0.25, 0.3) is 0 Å². The highest BCUT2D eigenvalue weighted by molar-refractivity contribution is 9.11. The Balaban J connectivity index is 1.76. The van der Waals surface area contributed by atoms with Crippen LogP contribution in [-0.4, -0.2) is 32.1 Å². The zero-order valence-electron chi connectivity index (χ0n) is 14.7. The molecular formula is C17H20BrNO5S2. The molecule has 0 N–H and O–H groups in total. The first-order chi connectivity index (χ1) is 12.1. The van der Waals surface area contributed by atoms with Crippen LogP contribution < -0.4 is 0 Å². The van der Waals surface area contributed by atoms with Crippen LogP contribution >= 0.6 is 27.3 Å². The number of carbonyl (C=O) groups is 1. The second-order valence-corrected chi connectivity index (χ2v) is 11.3. The summed E-state index contributed by atoms with van der Waals surface area (Å²) in [5.41, 5.74) is 0.562. The van der Waals surface area contributed by atoms with Crippen LogP contribution in [0.3, 0.4) is 0 Å². The fourth-order valence-corrected chi connectivity index (χ4v) is 5.33. The number of fused-ring (bicyclic) bond motifs is 1. The molecule has 0 radical (unpaired) electrons. The van der Waals surface area contributed by atoms with E-state index in [2.05, 4.69) is 20.9 Å². The van der Waals surface area contributed by atoms with Crippen LogP contribution in [0, 0.1) is 11.3 Å². The molecule has 1 aliphatic rings. The highest BCUT2D eigenvalue weighted by atomic mass is 79.9. The Morgan fingerprint density at radius 3 is 2.81 bits per heavy atom. The molecule has 1 aromatic carbocycles. The second-order valence-electron chi connectivity index (χ2n) is 7.40. The molecule has 2 heterocycles. The summed E-state index contributed by atoms with van der Waals surface area (Å²) in [6, 6.07) is 4.47. The van der Waals surface area contributed by atoms with Crippen LogP contribution in [-0.2, 0) is 23.8 Å². The number of benzene rings is 1. The molecule has 0 spiro atoms. The van der Waals surface area contributed by atoms with Crippen molar-refractivity contribution in [2.75, 3.05) is 6.61 Å². The minimum Gasteiger partial charge on any atom is -0.378 e. The third kappa shape index (κ3) is 4.27. The number of hydrogen-bond donors (Lipinski definition) is 0. The molecular weight excluding hydrogens is 442 g/mol. The maximum Gasteiger partial charge on any atom is 0.341 e. The number of aromatic nitrogens is 1. The molecule has 1 saturated heterocycles. The van der Waals surface area contributed by atoms with E-state index in [-0.39, 0.29) is 16.4 Å². The number of halogens is 1. The van der Waals surface area contributed by atoms with Gasteiger partial charge in [-0.05, 0) is 52.4 Å². The van der Waals surface area contributed by atoms with Crippen molar-refractivity contribution in [3.8, 4) is 0 Å². The zero-order valence-corrected chi connectivity index (χ0v) is 17.9. The number of ether oxygens (including phenoxy) is 1. The highest BCUT2D eigenvalue weighted by Gasteiger charge is 2.37.